The van der Waals surface area contributed by atoms with Gasteiger partial charge in [-0.1, -0.05) is 44.2 Å². The van der Waals surface area contributed by atoms with Crippen LogP contribution in [0.5, 0.6) is 0 Å². The van der Waals surface area contributed by atoms with E-state index in [1.807, 2.05) is 42.6 Å². The van der Waals surface area contributed by atoms with Gasteiger partial charge < -0.3 is 5.73 Å². The lowest BCUT2D eigenvalue weighted by atomic mass is 10.1. The van der Waals surface area contributed by atoms with E-state index >= 15 is 0 Å². The van der Waals surface area contributed by atoms with Crippen molar-refractivity contribution in [3.63, 3.8) is 0 Å². The number of nitrogens with two attached hydrogens (primary N) is 1. The van der Waals surface area contributed by atoms with Crippen LogP contribution in [0.2, 0.25) is 0 Å². The van der Waals surface area contributed by atoms with E-state index in [1.165, 1.54) is 0 Å². The zero-order chi connectivity index (χ0) is 13.4. The highest BCUT2D eigenvalue weighted by atomic mass is 15.3. The molecule has 0 fully saturated rings. The molecule has 0 aliphatic carbocycles. The number of benzene rings is 1. The number of nitrogens with zero attached hydrogens (tertiary/aromatic N) is 3. The summed E-state index contributed by atoms with van der Waals surface area (Å²) < 4.78 is 1.70. The van der Waals surface area contributed by atoms with Gasteiger partial charge in [0.1, 0.15) is 5.82 Å². The fourth-order valence-electron chi connectivity index (χ4n) is 2.17. The second-order valence-corrected chi connectivity index (χ2v) is 4.92. The van der Waals surface area contributed by atoms with Gasteiger partial charge in [0.05, 0.1) is 11.9 Å². The van der Waals surface area contributed by atoms with E-state index < -0.39 is 0 Å². The van der Waals surface area contributed by atoms with Crippen LogP contribution in [0.15, 0.2) is 42.6 Å². The highest BCUT2D eigenvalue weighted by Gasteiger charge is 2.13. The van der Waals surface area contributed by atoms with Crippen molar-refractivity contribution in [2.24, 2.45) is 0 Å². The van der Waals surface area contributed by atoms with Crippen molar-refractivity contribution in [3.05, 3.63) is 48.2 Å². The van der Waals surface area contributed by atoms with Gasteiger partial charge in [-0.3, -0.25) is 0 Å². The van der Waals surface area contributed by atoms with Crippen molar-refractivity contribution >= 4 is 11.5 Å². The maximum atomic E-state index is 6.07. The van der Waals surface area contributed by atoms with Crippen LogP contribution < -0.4 is 5.73 Å². The van der Waals surface area contributed by atoms with Gasteiger partial charge in [-0.15, -0.1) is 0 Å². The molecule has 0 aliphatic rings. The molecule has 4 nitrogen and oxygen atoms in total. The summed E-state index contributed by atoms with van der Waals surface area (Å²) in [5.74, 6) is 0.978. The maximum Gasteiger partial charge on any atom is 0.161 e. The molecule has 2 N–H and O–H groups in total. The lowest BCUT2D eigenvalue weighted by molar-refractivity contribution is 0.872. The molecule has 19 heavy (non-hydrogen) atoms. The molecule has 0 saturated carbocycles. The number of aromatic nitrogens is 3. The van der Waals surface area contributed by atoms with Crippen molar-refractivity contribution in [1.29, 1.82) is 0 Å². The largest absolute Gasteiger partial charge is 0.384 e. The van der Waals surface area contributed by atoms with Crippen LogP contribution in [0, 0.1) is 0 Å². The summed E-state index contributed by atoms with van der Waals surface area (Å²) in [5.41, 5.74) is 9.97. The van der Waals surface area contributed by atoms with Crippen LogP contribution in [-0.4, -0.2) is 14.6 Å². The van der Waals surface area contributed by atoms with E-state index in [1.54, 1.807) is 4.52 Å². The highest BCUT2D eigenvalue weighted by molar-refractivity contribution is 5.67. The predicted molar refractivity (Wildman–Crippen MR) is 76.9 cm³/mol. The number of fused-ring (bicyclic) bond motifs is 1. The third-order valence-corrected chi connectivity index (χ3v) is 3.22. The molecular formula is C15H16N4. The molecule has 0 unspecified atom stereocenters. The molecule has 0 aliphatic heterocycles. The number of nitrogen functional groups attached to an aromatic ring is 1. The van der Waals surface area contributed by atoms with E-state index in [0.29, 0.717) is 11.7 Å². The third kappa shape index (κ3) is 1.95. The molecule has 2 aromatic heterocycles. The third-order valence-electron chi connectivity index (χ3n) is 3.22. The molecule has 3 rings (SSSR count). The van der Waals surface area contributed by atoms with Crippen LogP contribution in [0.4, 0.5) is 5.82 Å². The van der Waals surface area contributed by atoms with Gasteiger partial charge >= 0.3 is 0 Å². The summed E-state index contributed by atoms with van der Waals surface area (Å²) in [6.45, 7) is 4.26. The summed E-state index contributed by atoms with van der Waals surface area (Å²) in [6.07, 6.45) is 1.85. The fraction of sp³-hybridized carbons (Fsp3) is 0.200. The Morgan fingerprint density at radius 3 is 2.58 bits per heavy atom. The van der Waals surface area contributed by atoms with Gasteiger partial charge in [0.2, 0.25) is 0 Å². The van der Waals surface area contributed by atoms with Crippen molar-refractivity contribution in [1.82, 2.24) is 14.6 Å². The molecule has 96 valence electrons. The van der Waals surface area contributed by atoms with Gasteiger partial charge in [-0.05, 0) is 5.92 Å². The minimum atomic E-state index is 0.371. The molecule has 0 saturated heterocycles. The highest BCUT2D eigenvalue weighted by Crippen LogP contribution is 2.25. The predicted octanol–water partition coefficient (Wildman–Crippen LogP) is 3.10. The molecule has 0 amide bonds. The number of rotatable bonds is 2. The zero-order valence-corrected chi connectivity index (χ0v) is 11.0. The average molecular weight is 252 g/mol. The topological polar surface area (TPSA) is 56.2 Å². The second-order valence-electron chi connectivity index (χ2n) is 4.92. The summed E-state index contributed by atoms with van der Waals surface area (Å²) >= 11 is 0. The Hall–Kier alpha value is -2.36. The minimum Gasteiger partial charge on any atom is -0.384 e. The van der Waals surface area contributed by atoms with E-state index in [2.05, 4.69) is 18.9 Å². The van der Waals surface area contributed by atoms with Gasteiger partial charge in [0.25, 0.3) is 0 Å². The van der Waals surface area contributed by atoms with Crippen molar-refractivity contribution in [2.45, 2.75) is 19.8 Å². The molecule has 4 heteroatoms. The Morgan fingerprint density at radius 2 is 1.89 bits per heavy atom. The van der Waals surface area contributed by atoms with E-state index in [9.17, 15) is 0 Å². The molecule has 1 aromatic carbocycles. The second kappa shape index (κ2) is 4.39. The number of anilines is 1. The first-order valence-electron chi connectivity index (χ1n) is 6.36. The smallest absolute Gasteiger partial charge is 0.161 e. The van der Waals surface area contributed by atoms with Crippen LogP contribution >= 0.6 is 0 Å². The Bertz CT molecular complexity index is 714. The fourth-order valence-corrected chi connectivity index (χ4v) is 2.17. The molecule has 3 aromatic rings. The van der Waals surface area contributed by atoms with Crippen LogP contribution in [0.25, 0.3) is 16.9 Å². The summed E-state index contributed by atoms with van der Waals surface area (Å²) in [5, 5.41) is 4.30. The van der Waals surface area contributed by atoms with Gasteiger partial charge in [0, 0.05) is 17.2 Å². The lowest BCUT2D eigenvalue weighted by Crippen LogP contribution is -2.02. The SMILES string of the molecule is CC(C)c1cnn2c(N)cc(-c3ccccc3)nc12. The Morgan fingerprint density at radius 1 is 1.16 bits per heavy atom. The van der Waals surface area contributed by atoms with Crippen LogP contribution in [-0.2, 0) is 0 Å². The summed E-state index contributed by atoms with van der Waals surface area (Å²) in [7, 11) is 0. The van der Waals surface area contributed by atoms with Crippen molar-refractivity contribution in [2.75, 3.05) is 5.73 Å². The quantitative estimate of drug-likeness (QED) is 0.762. The lowest BCUT2D eigenvalue weighted by Gasteiger charge is -2.07. The first-order chi connectivity index (χ1) is 9.16. The Balaban J connectivity index is 2.26. The average Bonchev–Trinajstić information content (AvgIpc) is 2.84. The maximum absolute atomic E-state index is 6.07. The summed E-state index contributed by atoms with van der Waals surface area (Å²) in [4.78, 5) is 4.71. The number of hydrogen-bond donors (Lipinski definition) is 1. The molecule has 2 heterocycles. The first kappa shape index (κ1) is 11.7. The monoisotopic (exact) mass is 252 g/mol. The standard InChI is InChI=1S/C15H16N4/c1-10(2)12-9-17-19-14(16)8-13(18-15(12)19)11-6-4-3-5-7-11/h3-10H,16H2,1-2H3. The Labute approximate surface area is 111 Å². The van der Waals surface area contributed by atoms with Crippen molar-refractivity contribution in [3.8, 4) is 11.3 Å². The van der Waals surface area contributed by atoms with E-state index in [4.69, 9.17) is 10.7 Å². The molecular weight excluding hydrogens is 236 g/mol. The summed E-state index contributed by atoms with van der Waals surface area (Å²) in [6, 6.07) is 11.9. The Kier molecular flexibility index (Phi) is 2.71. The molecule has 0 atom stereocenters. The van der Waals surface area contributed by atoms with Crippen molar-refractivity contribution < 1.29 is 0 Å². The zero-order valence-electron chi connectivity index (χ0n) is 11.0. The van der Waals surface area contributed by atoms with Gasteiger partial charge in [-0.2, -0.15) is 9.61 Å². The normalized spacial score (nSPS) is 11.3. The molecule has 0 spiro atoms. The van der Waals surface area contributed by atoms with E-state index in [0.717, 1.165) is 22.5 Å². The van der Waals surface area contributed by atoms with Gasteiger partial charge in [0.15, 0.2) is 5.65 Å². The minimum absolute atomic E-state index is 0.371. The number of hydrogen-bond acceptors (Lipinski definition) is 3. The van der Waals surface area contributed by atoms with Crippen LogP contribution in [0.1, 0.15) is 25.3 Å². The van der Waals surface area contributed by atoms with Crippen LogP contribution in [0.3, 0.4) is 0 Å². The first-order valence-corrected chi connectivity index (χ1v) is 6.36. The molecule has 0 bridgehead atoms. The van der Waals surface area contributed by atoms with Gasteiger partial charge in [-0.25, -0.2) is 4.98 Å². The van der Waals surface area contributed by atoms with E-state index in [-0.39, 0.29) is 0 Å². The molecule has 0 radical (unpaired) electrons.